The number of amides is 1. The zero-order valence-electron chi connectivity index (χ0n) is 26.1. The largest absolute Gasteiger partial charge is 0.497 e. The molecule has 2 N–H and O–H groups in total. The third-order valence-corrected chi connectivity index (χ3v) is 7.86. The summed E-state index contributed by atoms with van der Waals surface area (Å²) in [5.41, 5.74) is -0.497. The highest BCUT2D eigenvalue weighted by Crippen LogP contribution is 2.43. The Labute approximate surface area is 269 Å². The van der Waals surface area contributed by atoms with Gasteiger partial charge in [-0.15, -0.1) is 0 Å². The number of aliphatic hydroxyl groups is 1. The van der Waals surface area contributed by atoms with E-state index in [2.05, 4.69) is 10.3 Å². The lowest BCUT2D eigenvalue weighted by molar-refractivity contribution is -0.114. The van der Waals surface area contributed by atoms with E-state index in [9.17, 15) is 19.5 Å². The summed E-state index contributed by atoms with van der Waals surface area (Å²) in [6, 6.07) is 23.9. The van der Waals surface area contributed by atoms with E-state index in [1.54, 1.807) is 38.5 Å². The zero-order valence-corrected chi connectivity index (χ0v) is 26.1. The van der Waals surface area contributed by atoms with Crippen LogP contribution in [0.25, 0.3) is 0 Å². The molecule has 1 saturated heterocycles. The number of rotatable bonds is 11. The molecule has 5 rings (SSSR count). The zero-order chi connectivity index (χ0) is 33.7. The van der Waals surface area contributed by atoms with E-state index in [0.717, 1.165) is 23.4 Å². The van der Waals surface area contributed by atoms with Crippen molar-refractivity contribution in [3.63, 3.8) is 0 Å². The van der Waals surface area contributed by atoms with Gasteiger partial charge in [0, 0.05) is 13.1 Å². The standard InChI is InChI=1S/C34H34FN3O9/c1-20(39)36-30-26(32(41)45-4)18-38(33(42)37-30)31-28(35)29(40)27(47-31)19-46-34(21-8-6-5-7-9-21,22-10-14-24(43-2)15-11-22)23-12-16-25(44-3)17-13-23/h5-18,27-29,31,40H,19H2,1-4H3,(H,36,37,39,42)/t27-,28+,29-,31+/m1/s1. The van der Waals surface area contributed by atoms with E-state index >= 15 is 4.39 Å². The van der Waals surface area contributed by atoms with Gasteiger partial charge in [-0.25, -0.2) is 14.0 Å². The fourth-order valence-electron chi connectivity index (χ4n) is 5.52. The van der Waals surface area contributed by atoms with E-state index in [0.29, 0.717) is 22.6 Å². The third kappa shape index (κ3) is 6.59. The summed E-state index contributed by atoms with van der Waals surface area (Å²) in [5, 5.41) is 13.3. The number of aliphatic hydroxyl groups excluding tert-OH is 1. The molecule has 1 aromatic heterocycles. The first-order chi connectivity index (χ1) is 22.6. The highest BCUT2D eigenvalue weighted by Gasteiger charge is 2.48. The van der Waals surface area contributed by atoms with Crippen molar-refractivity contribution in [2.24, 2.45) is 0 Å². The molecule has 12 nitrogen and oxygen atoms in total. The molecule has 47 heavy (non-hydrogen) atoms. The van der Waals surface area contributed by atoms with Gasteiger partial charge in [-0.3, -0.25) is 9.36 Å². The predicted octanol–water partition coefficient (Wildman–Crippen LogP) is 3.61. The van der Waals surface area contributed by atoms with Crippen molar-refractivity contribution >= 4 is 17.7 Å². The number of benzene rings is 3. The lowest BCUT2D eigenvalue weighted by atomic mass is 9.80. The summed E-state index contributed by atoms with van der Waals surface area (Å²) >= 11 is 0. The minimum atomic E-state index is -2.12. The summed E-state index contributed by atoms with van der Waals surface area (Å²) < 4.78 is 44.6. The SMILES string of the molecule is COC(=O)c1cn([C@H]2O[C@H](COC(c3ccccc3)(c3ccc(OC)cc3)c3ccc(OC)cc3)[C@@H](O)[C@@H]2F)c(=O)nc1NC(C)=O. The normalized spacial score (nSPS) is 19.2. The Balaban J connectivity index is 1.54. The van der Waals surface area contributed by atoms with Crippen LogP contribution < -0.4 is 20.5 Å². The molecule has 0 aliphatic carbocycles. The van der Waals surface area contributed by atoms with Crippen LogP contribution in [0.15, 0.2) is 89.9 Å². The highest BCUT2D eigenvalue weighted by atomic mass is 19.1. The van der Waals surface area contributed by atoms with E-state index in [1.165, 1.54) is 6.92 Å². The Bertz CT molecular complexity index is 1720. The lowest BCUT2D eigenvalue weighted by Crippen LogP contribution is -2.39. The Hall–Kier alpha value is -5.11. The minimum absolute atomic E-state index is 0.311. The predicted molar refractivity (Wildman–Crippen MR) is 167 cm³/mol. The lowest BCUT2D eigenvalue weighted by Gasteiger charge is -2.37. The molecule has 246 valence electrons. The number of ether oxygens (including phenoxy) is 5. The first kappa shape index (κ1) is 33.3. The fourth-order valence-corrected chi connectivity index (χ4v) is 5.52. The summed E-state index contributed by atoms with van der Waals surface area (Å²) in [5.74, 6) is -0.638. The van der Waals surface area contributed by atoms with Crippen molar-refractivity contribution in [2.45, 2.75) is 37.1 Å². The molecule has 4 aromatic rings. The molecule has 3 aromatic carbocycles. The van der Waals surface area contributed by atoms with Gasteiger partial charge in [-0.1, -0.05) is 54.6 Å². The van der Waals surface area contributed by atoms with Crippen molar-refractivity contribution in [3.05, 3.63) is 118 Å². The van der Waals surface area contributed by atoms with Crippen molar-refractivity contribution < 1.29 is 42.8 Å². The topological polar surface area (TPSA) is 147 Å². The van der Waals surface area contributed by atoms with Crippen LogP contribution in [0.2, 0.25) is 0 Å². The second-order valence-electron chi connectivity index (χ2n) is 10.7. The van der Waals surface area contributed by atoms with Crippen LogP contribution in [0.4, 0.5) is 10.2 Å². The smallest absolute Gasteiger partial charge is 0.351 e. The quantitative estimate of drug-likeness (QED) is 0.183. The Morgan fingerprint density at radius 3 is 2.00 bits per heavy atom. The average molecular weight is 648 g/mol. The van der Waals surface area contributed by atoms with E-state index < -0.39 is 47.8 Å². The number of nitrogens with one attached hydrogen (secondary N) is 1. The average Bonchev–Trinajstić information content (AvgIpc) is 3.37. The van der Waals surface area contributed by atoms with Gasteiger partial charge in [-0.2, -0.15) is 4.98 Å². The Morgan fingerprint density at radius 1 is 0.936 bits per heavy atom. The number of hydrogen-bond donors (Lipinski definition) is 2. The van der Waals surface area contributed by atoms with Gasteiger partial charge < -0.3 is 34.1 Å². The molecular formula is C34H34FN3O9. The Morgan fingerprint density at radius 2 is 1.49 bits per heavy atom. The molecule has 1 aliphatic heterocycles. The number of esters is 1. The number of aromatic nitrogens is 2. The monoisotopic (exact) mass is 647 g/mol. The molecule has 0 bridgehead atoms. The van der Waals surface area contributed by atoms with Crippen molar-refractivity contribution in [3.8, 4) is 11.5 Å². The van der Waals surface area contributed by atoms with Crippen LogP contribution in [-0.2, 0) is 24.6 Å². The van der Waals surface area contributed by atoms with Crippen LogP contribution in [0.1, 0.15) is 40.2 Å². The molecule has 1 amide bonds. The van der Waals surface area contributed by atoms with Crippen LogP contribution in [0.3, 0.4) is 0 Å². The molecule has 0 spiro atoms. The summed E-state index contributed by atoms with van der Waals surface area (Å²) in [6.07, 6.45) is -5.82. The number of halogens is 1. The maximum Gasteiger partial charge on any atom is 0.351 e. The molecular weight excluding hydrogens is 613 g/mol. The number of hydrogen-bond acceptors (Lipinski definition) is 10. The number of nitrogens with zero attached hydrogens (tertiary/aromatic N) is 2. The maximum absolute atomic E-state index is 15.7. The van der Waals surface area contributed by atoms with Gasteiger partial charge in [0.1, 0.15) is 34.9 Å². The minimum Gasteiger partial charge on any atom is -0.497 e. The number of alkyl halides is 1. The summed E-state index contributed by atoms with van der Waals surface area (Å²) in [4.78, 5) is 40.8. The van der Waals surface area contributed by atoms with Crippen molar-refractivity contribution in [1.29, 1.82) is 0 Å². The number of anilines is 1. The van der Waals surface area contributed by atoms with Gasteiger partial charge >= 0.3 is 11.7 Å². The van der Waals surface area contributed by atoms with Crippen LogP contribution in [0.5, 0.6) is 11.5 Å². The first-order valence-electron chi connectivity index (χ1n) is 14.6. The Kier molecular flexibility index (Phi) is 9.99. The van der Waals surface area contributed by atoms with E-state index in [-0.39, 0.29) is 18.0 Å². The number of methoxy groups -OCH3 is 3. The van der Waals surface area contributed by atoms with Gasteiger partial charge in [0.2, 0.25) is 5.91 Å². The number of carbonyl (C=O) groups excluding carboxylic acids is 2. The maximum atomic E-state index is 15.7. The third-order valence-electron chi connectivity index (χ3n) is 7.86. The molecule has 4 atom stereocenters. The van der Waals surface area contributed by atoms with Crippen LogP contribution in [-0.4, -0.2) is 72.8 Å². The first-order valence-corrected chi connectivity index (χ1v) is 14.6. The van der Waals surface area contributed by atoms with Gasteiger partial charge in [0.25, 0.3) is 0 Å². The molecule has 1 aliphatic rings. The molecule has 0 unspecified atom stereocenters. The second kappa shape index (κ2) is 14.1. The molecule has 1 fully saturated rings. The summed E-state index contributed by atoms with van der Waals surface area (Å²) in [7, 11) is 4.22. The van der Waals surface area contributed by atoms with Gasteiger partial charge in [-0.05, 0) is 41.0 Å². The summed E-state index contributed by atoms with van der Waals surface area (Å²) in [6.45, 7) is 0.835. The van der Waals surface area contributed by atoms with Crippen LogP contribution >= 0.6 is 0 Å². The molecule has 13 heteroatoms. The molecule has 0 radical (unpaired) electrons. The molecule has 0 saturated carbocycles. The number of carbonyl (C=O) groups is 2. The fraction of sp³-hybridized carbons (Fsp3) is 0.294. The van der Waals surface area contributed by atoms with E-state index in [4.69, 9.17) is 23.7 Å². The van der Waals surface area contributed by atoms with Crippen LogP contribution in [0, 0.1) is 0 Å². The van der Waals surface area contributed by atoms with Crippen molar-refractivity contribution in [2.75, 3.05) is 33.3 Å². The van der Waals surface area contributed by atoms with E-state index in [1.807, 2.05) is 54.6 Å². The molecule has 2 heterocycles. The van der Waals surface area contributed by atoms with Gasteiger partial charge in [0.15, 0.2) is 18.2 Å². The van der Waals surface area contributed by atoms with Gasteiger partial charge in [0.05, 0.1) is 27.9 Å². The highest BCUT2D eigenvalue weighted by molar-refractivity contribution is 5.99. The second-order valence-corrected chi connectivity index (χ2v) is 10.7. The van der Waals surface area contributed by atoms with Crippen molar-refractivity contribution in [1.82, 2.24) is 9.55 Å².